The predicted molar refractivity (Wildman–Crippen MR) is 241 cm³/mol. The molecule has 1 aromatic heterocycles. The predicted octanol–water partition coefficient (Wildman–Crippen LogP) is 15.4. The normalized spacial score (nSPS) is 12.7. The molecule has 55 heavy (non-hydrogen) atoms. The second-order valence-electron chi connectivity index (χ2n) is 17.8. The smallest absolute Gasteiger partial charge is 0.0619 e. The first-order valence-electron chi connectivity index (χ1n) is 19.8. The quantitative estimate of drug-likeness (QED) is 0.124. The summed E-state index contributed by atoms with van der Waals surface area (Å²) in [7, 11) is 0. The number of rotatable bonds is 2. The van der Waals surface area contributed by atoms with E-state index in [9.17, 15) is 0 Å². The Morgan fingerprint density at radius 3 is 1.62 bits per heavy atom. The summed E-state index contributed by atoms with van der Waals surface area (Å²) in [6, 6.07) is 52.6. The summed E-state index contributed by atoms with van der Waals surface area (Å²) in [5, 5.41) is 17.1. The van der Waals surface area contributed by atoms with E-state index in [4.69, 9.17) is 0 Å². The molecular weight excluding hydrogens is 663 g/mol. The van der Waals surface area contributed by atoms with Crippen LogP contribution in [0.25, 0.3) is 92.4 Å². The van der Waals surface area contributed by atoms with Crippen LogP contribution in [0.5, 0.6) is 0 Å². The van der Waals surface area contributed by atoms with Crippen molar-refractivity contribution in [3.63, 3.8) is 0 Å². The average molecular weight is 710 g/mol. The highest BCUT2D eigenvalue weighted by Gasteiger charge is 2.28. The van der Waals surface area contributed by atoms with Crippen molar-refractivity contribution < 1.29 is 0 Å². The first-order valence-corrected chi connectivity index (χ1v) is 19.8. The molecule has 1 heterocycles. The van der Waals surface area contributed by atoms with Crippen LogP contribution < -0.4 is 0 Å². The van der Waals surface area contributed by atoms with Gasteiger partial charge in [-0.15, -0.1) is 0 Å². The number of aromatic nitrogens is 1. The maximum absolute atomic E-state index is 2.57. The molecule has 1 heteroatoms. The van der Waals surface area contributed by atoms with Crippen LogP contribution in [0.3, 0.4) is 0 Å². The molecule has 0 bridgehead atoms. The molecule has 0 aliphatic heterocycles. The van der Waals surface area contributed by atoms with E-state index in [2.05, 4.69) is 199 Å². The van der Waals surface area contributed by atoms with Crippen molar-refractivity contribution in [2.24, 2.45) is 0 Å². The lowest BCUT2D eigenvalue weighted by Crippen LogP contribution is -2.17. The summed E-state index contributed by atoms with van der Waals surface area (Å²) in [6.07, 6.45) is 0. The average Bonchev–Trinajstić information content (AvgIpc) is 3.44. The summed E-state index contributed by atoms with van der Waals surface area (Å²) in [5.74, 6) is 0. The van der Waals surface area contributed by atoms with Gasteiger partial charge < -0.3 is 4.57 Å². The summed E-state index contributed by atoms with van der Waals surface area (Å²) >= 11 is 0. The molecule has 0 radical (unpaired) electrons. The SMILES string of the molecule is Cc1c(C)n(-c2ccc3c(C(C)(C)C)c4ccccc4c(C(C)(C)C)c3c2)c2c3ccccc3c3cc(-c4ccc5ccccc5c4)c4ccccc4c3c12. The van der Waals surface area contributed by atoms with Gasteiger partial charge >= 0.3 is 0 Å². The fourth-order valence-corrected chi connectivity index (χ4v) is 9.99. The van der Waals surface area contributed by atoms with E-state index in [1.807, 2.05) is 0 Å². The molecule has 10 rings (SSSR count). The number of aryl methyl sites for hydroxylation is 1. The molecule has 0 aliphatic rings. The van der Waals surface area contributed by atoms with Crippen LogP contribution in [0.4, 0.5) is 0 Å². The minimum Gasteiger partial charge on any atom is -0.313 e. The molecule has 9 aromatic carbocycles. The minimum absolute atomic E-state index is 0.0235. The van der Waals surface area contributed by atoms with E-state index in [-0.39, 0.29) is 10.8 Å². The molecule has 0 aliphatic carbocycles. The van der Waals surface area contributed by atoms with Crippen LogP contribution in [-0.4, -0.2) is 4.57 Å². The maximum Gasteiger partial charge on any atom is 0.0619 e. The van der Waals surface area contributed by atoms with Crippen LogP contribution >= 0.6 is 0 Å². The molecular formula is C54H47N. The lowest BCUT2D eigenvalue weighted by Gasteiger charge is -2.30. The van der Waals surface area contributed by atoms with Crippen LogP contribution in [0.1, 0.15) is 63.9 Å². The standard InChI is InChI=1S/C54H47N/c1-32-33(2)55(37-27-28-43-47(30-37)51(54(6,7)8)42-23-15-14-22-41(42)50(43)53(3,4)5)52-44-24-16-12-20-39(44)46-31-45(36-26-25-34-17-9-10-18-35(34)29-36)38-19-11-13-21-40(38)49(46)48(32)52/h9-31H,1-8H3. The van der Waals surface area contributed by atoms with Crippen molar-refractivity contribution in [2.45, 2.75) is 66.2 Å². The van der Waals surface area contributed by atoms with Gasteiger partial charge in [0.1, 0.15) is 0 Å². The van der Waals surface area contributed by atoms with Crippen molar-refractivity contribution in [1.29, 1.82) is 0 Å². The third-order valence-corrected chi connectivity index (χ3v) is 12.3. The Labute approximate surface area is 323 Å². The molecule has 0 unspecified atom stereocenters. The van der Waals surface area contributed by atoms with Gasteiger partial charge in [0, 0.05) is 22.2 Å². The second-order valence-corrected chi connectivity index (χ2v) is 17.8. The van der Waals surface area contributed by atoms with E-state index in [1.165, 1.54) is 115 Å². The number of hydrogen-bond acceptors (Lipinski definition) is 0. The van der Waals surface area contributed by atoms with Gasteiger partial charge in [-0.25, -0.2) is 0 Å². The molecule has 268 valence electrons. The molecule has 0 N–H and O–H groups in total. The van der Waals surface area contributed by atoms with Crippen molar-refractivity contribution in [3.8, 4) is 16.8 Å². The number of hydrogen-bond donors (Lipinski definition) is 0. The Balaban J connectivity index is 1.35. The van der Waals surface area contributed by atoms with Gasteiger partial charge in [0.25, 0.3) is 0 Å². The van der Waals surface area contributed by atoms with Gasteiger partial charge in [-0.3, -0.25) is 0 Å². The molecule has 0 saturated carbocycles. The van der Waals surface area contributed by atoms with Crippen LogP contribution in [0.2, 0.25) is 0 Å². The Morgan fingerprint density at radius 1 is 0.400 bits per heavy atom. The largest absolute Gasteiger partial charge is 0.313 e. The van der Waals surface area contributed by atoms with Gasteiger partial charge in [0.05, 0.1) is 5.52 Å². The highest BCUT2D eigenvalue weighted by atomic mass is 15.0. The van der Waals surface area contributed by atoms with Crippen LogP contribution in [0, 0.1) is 13.8 Å². The van der Waals surface area contributed by atoms with Crippen LogP contribution in [0.15, 0.2) is 140 Å². The lowest BCUT2D eigenvalue weighted by molar-refractivity contribution is 0.593. The third-order valence-electron chi connectivity index (χ3n) is 12.3. The topological polar surface area (TPSA) is 4.93 Å². The first kappa shape index (κ1) is 33.6. The van der Waals surface area contributed by atoms with E-state index < -0.39 is 0 Å². The van der Waals surface area contributed by atoms with Crippen molar-refractivity contribution in [3.05, 3.63) is 162 Å². The summed E-state index contributed by atoms with van der Waals surface area (Å²) < 4.78 is 2.57. The Morgan fingerprint density at radius 2 is 0.945 bits per heavy atom. The van der Waals surface area contributed by atoms with Gasteiger partial charge in [-0.2, -0.15) is 0 Å². The Bertz CT molecular complexity index is 3230. The number of benzene rings is 9. The second kappa shape index (κ2) is 11.8. The number of fused-ring (bicyclic) bond motifs is 11. The zero-order chi connectivity index (χ0) is 38.0. The monoisotopic (exact) mass is 709 g/mol. The van der Waals surface area contributed by atoms with E-state index >= 15 is 0 Å². The lowest BCUT2D eigenvalue weighted by atomic mass is 9.74. The molecule has 0 atom stereocenters. The summed E-state index contributed by atoms with van der Waals surface area (Å²) in [5.41, 5.74) is 10.4. The summed E-state index contributed by atoms with van der Waals surface area (Å²) in [6.45, 7) is 18.8. The van der Waals surface area contributed by atoms with E-state index in [0.29, 0.717) is 0 Å². The van der Waals surface area contributed by atoms with Gasteiger partial charge in [0.15, 0.2) is 0 Å². The van der Waals surface area contributed by atoms with E-state index in [1.54, 1.807) is 0 Å². The van der Waals surface area contributed by atoms with Gasteiger partial charge in [0.2, 0.25) is 0 Å². The Kier molecular flexibility index (Phi) is 7.21. The highest BCUT2D eigenvalue weighted by Crippen LogP contribution is 2.48. The van der Waals surface area contributed by atoms with E-state index in [0.717, 1.165) is 0 Å². The molecule has 0 fully saturated rings. The molecule has 0 amide bonds. The molecule has 0 saturated heterocycles. The fourth-order valence-electron chi connectivity index (χ4n) is 9.99. The molecule has 10 aromatic rings. The highest BCUT2D eigenvalue weighted by molar-refractivity contribution is 6.33. The third kappa shape index (κ3) is 4.92. The van der Waals surface area contributed by atoms with Crippen molar-refractivity contribution in [2.75, 3.05) is 0 Å². The summed E-state index contributed by atoms with van der Waals surface area (Å²) in [4.78, 5) is 0. The van der Waals surface area contributed by atoms with Gasteiger partial charge in [-0.05, 0) is 136 Å². The zero-order valence-corrected chi connectivity index (χ0v) is 33.2. The van der Waals surface area contributed by atoms with Crippen molar-refractivity contribution >= 4 is 75.5 Å². The first-order chi connectivity index (χ1) is 26.4. The fraction of sp³-hybridized carbons (Fsp3) is 0.185. The maximum atomic E-state index is 2.57. The molecule has 1 nitrogen and oxygen atoms in total. The Hall–Kier alpha value is -5.92. The van der Waals surface area contributed by atoms with Crippen LogP contribution in [-0.2, 0) is 10.8 Å². The molecule has 0 spiro atoms. The minimum atomic E-state index is -0.0544. The zero-order valence-electron chi connectivity index (χ0n) is 33.2. The van der Waals surface area contributed by atoms with Gasteiger partial charge in [-0.1, -0.05) is 157 Å². The number of nitrogens with zero attached hydrogens (tertiary/aromatic N) is 1. The van der Waals surface area contributed by atoms with Crippen molar-refractivity contribution in [1.82, 2.24) is 4.57 Å².